The highest BCUT2D eigenvalue weighted by Crippen LogP contribution is 2.17. The molecule has 0 aliphatic rings. The number of hydrogen-bond acceptors (Lipinski definition) is 3. The van der Waals surface area contributed by atoms with Gasteiger partial charge in [-0.3, -0.25) is 0 Å². The Labute approximate surface area is 92.2 Å². The van der Waals surface area contributed by atoms with Crippen molar-refractivity contribution in [2.45, 2.75) is 20.4 Å². The molecular formula is C10H13BrN2O. The Morgan fingerprint density at radius 2 is 2.36 bits per heavy atom. The van der Waals surface area contributed by atoms with Crippen LogP contribution in [0.25, 0.3) is 0 Å². The molecule has 0 aromatic carbocycles. The van der Waals surface area contributed by atoms with E-state index in [9.17, 15) is 0 Å². The van der Waals surface area contributed by atoms with Crippen LogP contribution in [0.15, 0.2) is 21.2 Å². The molecule has 0 aliphatic carbocycles. The fourth-order valence-electron chi connectivity index (χ4n) is 0.979. The standard InChI is InChI=1S/C10H13BrN2O/c1-10(2,6-12)7-13-5-9-8(11)3-4-14-9/h3-4,13H,5,7H2,1-2H3. The zero-order valence-electron chi connectivity index (χ0n) is 8.30. The third kappa shape index (κ3) is 3.17. The normalized spacial score (nSPS) is 11.3. The van der Waals surface area contributed by atoms with Crippen LogP contribution in [0.3, 0.4) is 0 Å². The van der Waals surface area contributed by atoms with Crippen molar-refractivity contribution in [2.75, 3.05) is 6.54 Å². The molecule has 0 atom stereocenters. The molecule has 0 fully saturated rings. The number of halogens is 1. The first-order valence-corrected chi connectivity index (χ1v) is 5.18. The van der Waals surface area contributed by atoms with Crippen LogP contribution >= 0.6 is 15.9 Å². The van der Waals surface area contributed by atoms with Crippen molar-refractivity contribution in [3.63, 3.8) is 0 Å². The average molecular weight is 257 g/mol. The first-order chi connectivity index (χ1) is 6.55. The average Bonchev–Trinajstić information content (AvgIpc) is 2.52. The summed E-state index contributed by atoms with van der Waals surface area (Å²) in [5, 5.41) is 12.0. The van der Waals surface area contributed by atoms with E-state index in [0.29, 0.717) is 13.1 Å². The summed E-state index contributed by atoms with van der Waals surface area (Å²) in [6.45, 7) is 5.09. The summed E-state index contributed by atoms with van der Waals surface area (Å²) in [6, 6.07) is 4.08. The van der Waals surface area contributed by atoms with Gasteiger partial charge in [0.2, 0.25) is 0 Å². The van der Waals surface area contributed by atoms with Crippen LogP contribution in [0.2, 0.25) is 0 Å². The Balaban J connectivity index is 2.37. The maximum atomic E-state index is 8.78. The first-order valence-electron chi connectivity index (χ1n) is 4.39. The Kier molecular flexibility index (Phi) is 3.73. The van der Waals surface area contributed by atoms with E-state index in [2.05, 4.69) is 27.3 Å². The molecule has 0 spiro atoms. The molecule has 0 unspecified atom stereocenters. The highest BCUT2D eigenvalue weighted by molar-refractivity contribution is 9.10. The second-order valence-corrected chi connectivity index (χ2v) is 4.65. The topological polar surface area (TPSA) is 49.0 Å². The quantitative estimate of drug-likeness (QED) is 0.902. The van der Waals surface area contributed by atoms with Gasteiger partial charge in [0.15, 0.2) is 0 Å². The highest BCUT2D eigenvalue weighted by atomic mass is 79.9. The minimum Gasteiger partial charge on any atom is -0.467 e. The maximum absolute atomic E-state index is 8.78. The Morgan fingerprint density at radius 3 is 2.86 bits per heavy atom. The van der Waals surface area contributed by atoms with Gasteiger partial charge >= 0.3 is 0 Å². The summed E-state index contributed by atoms with van der Waals surface area (Å²) in [5.74, 6) is 0.860. The van der Waals surface area contributed by atoms with Crippen LogP contribution in [-0.4, -0.2) is 6.54 Å². The lowest BCUT2D eigenvalue weighted by atomic mass is 9.96. The van der Waals surface area contributed by atoms with Gasteiger partial charge in [-0.1, -0.05) is 0 Å². The number of nitrogens with one attached hydrogen (secondary N) is 1. The fourth-order valence-corrected chi connectivity index (χ4v) is 1.32. The van der Waals surface area contributed by atoms with Crippen molar-refractivity contribution in [2.24, 2.45) is 5.41 Å². The zero-order chi connectivity index (χ0) is 10.6. The molecule has 76 valence electrons. The lowest BCUT2D eigenvalue weighted by Gasteiger charge is -2.15. The minimum atomic E-state index is -0.334. The van der Waals surface area contributed by atoms with Crippen LogP contribution in [0.5, 0.6) is 0 Å². The lowest BCUT2D eigenvalue weighted by molar-refractivity contribution is 0.416. The summed E-state index contributed by atoms with van der Waals surface area (Å²) >= 11 is 3.37. The first kappa shape index (κ1) is 11.3. The van der Waals surface area contributed by atoms with Crippen molar-refractivity contribution in [3.05, 3.63) is 22.6 Å². The van der Waals surface area contributed by atoms with Gasteiger partial charge in [-0.05, 0) is 35.8 Å². The molecule has 0 amide bonds. The van der Waals surface area contributed by atoms with Gasteiger partial charge in [0.05, 0.1) is 28.8 Å². The minimum absolute atomic E-state index is 0.334. The van der Waals surface area contributed by atoms with Crippen LogP contribution < -0.4 is 5.32 Å². The number of hydrogen-bond donors (Lipinski definition) is 1. The van der Waals surface area contributed by atoms with E-state index in [0.717, 1.165) is 10.2 Å². The van der Waals surface area contributed by atoms with Gasteiger partial charge in [0.25, 0.3) is 0 Å². The molecule has 0 aliphatic heterocycles. The molecule has 4 heteroatoms. The Morgan fingerprint density at radius 1 is 1.64 bits per heavy atom. The van der Waals surface area contributed by atoms with Gasteiger partial charge in [0.1, 0.15) is 5.76 Å². The molecule has 1 aromatic heterocycles. The molecule has 0 bridgehead atoms. The molecule has 0 saturated carbocycles. The maximum Gasteiger partial charge on any atom is 0.131 e. The van der Waals surface area contributed by atoms with E-state index in [-0.39, 0.29) is 5.41 Å². The van der Waals surface area contributed by atoms with Gasteiger partial charge in [-0.25, -0.2) is 0 Å². The van der Waals surface area contributed by atoms with Crippen LogP contribution in [0.4, 0.5) is 0 Å². The molecule has 3 nitrogen and oxygen atoms in total. The van der Waals surface area contributed by atoms with Crippen molar-refractivity contribution >= 4 is 15.9 Å². The van der Waals surface area contributed by atoms with E-state index < -0.39 is 0 Å². The lowest BCUT2D eigenvalue weighted by Crippen LogP contribution is -2.27. The summed E-state index contributed by atoms with van der Waals surface area (Å²) in [6.07, 6.45) is 1.64. The van der Waals surface area contributed by atoms with Crippen molar-refractivity contribution in [1.82, 2.24) is 5.32 Å². The summed E-state index contributed by atoms with van der Waals surface area (Å²) in [5.41, 5.74) is -0.334. The number of nitriles is 1. The SMILES string of the molecule is CC(C)(C#N)CNCc1occc1Br. The number of furan rings is 1. The van der Waals surface area contributed by atoms with E-state index in [4.69, 9.17) is 9.68 Å². The summed E-state index contributed by atoms with van der Waals surface area (Å²) < 4.78 is 6.18. The largest absolute Gasteiger partial charge is 0.467 e. The third-order valence-corrected chi connectivity index (χ3v) is 2.55. The van der Waals surface area contributed by atoms with Crippen molar-refractivity contribution in [1.29, 1.82) is 5.26 Å². The molecule has 1 aromatic rings. The fraction of sp³-hybridized carbons (Fsp3) is 0.500. The molecular weight excluding hydrogens is 244 g/mol. The predicted molar refractivity (Wildman–Crippen MR) is 57.5 cm³/mol. The molecule has 0 saturated heterocycles. The monoisotopic (exact) mass is 256 g/mol. The molecule has 14 heavy (non-hydrogen) atoms. The second-order valence-electron chi connectivity index (χ2n) is 3.79. The molecule has 1 rings (SSSR count). The third-order valence-electron chi connectivity index (χ3n) is 1.85. The smallest absolute Gasteiger partial charge is 0.131 e. The van der Waals surface area contributed by atoms with Gasteiger partial charge in [-0.2, -0.15) is 5.26 Å². The van der Waals surface area contributed by atoms with E-state index in [1.165, 1.54) is 0 Å². The van der Waals surface area contributed by atoms with Crippen molar-refractivity contribution < 1.29 is 4.42 Å². The van der Waals surface area contributed by atoms with Gasteiger partial charge in [0, 0.05) is 6.54 Å². The van der Waals surface area contributed by atoms with Crippen LogP contribution in [0.1, 0.15) is 19.6 Å². The summed E-state index contributed by atoms with van der Waals surface area (Å²) in [7, 11) is 0. The zero-order valence-corrected chi connectivity index (χ0v) is 9.89. The van der Waals surface area contributed by atoms with E-state index in [1.54, 1.807) is 6.26 Å². The summed E-state index contributed by atoms with van der Waals surface area (Å²) in [4.78, 5) is 0. The Hall–Kier alpha value is -0.790. The predicted octanol–water partition coefficient (Wildman–Crippen LogP) is 2.68. The Bertz CT molecular complexity index is 338. The van der Waals surface area contributed by atoms with Crippen molar-refractivity contribution in [3.8, 4) is 6.07 Å². The number of rotatable bonds is 4. The molecule has 1 N–H and O–H groups in total. The number of nitrogens with zero attached hydrogens (tertiary/aromatic N) is 1. The molecule has 0 radical (unpaired) electrons. The van der Waals surface area contributed by atoms with E-state index >= 15 is 0 Å². The molecule has 1 heterocycles. The van der Waals surface area contributed by atoms with Crippen LogP contribution in [-0.2, 0) is 6.54 Å². The second kappa shape index (κ2) is 4.63. The van der Waals surface area contributed by atoms with Crippen LogP contribution in [0, 0.1) is 16.7 Å². The highest BCUT2D eigenvalue weighted by Gasteiger charge is 2.16. The van der Waals surface area contributed by atoms with Gasteiger partial charge < -0.3 is 9.73 Å². The van der Waals surface area contributed by atoms with Gasteiger partial charge in [-0.15, -0.1) is 0 Å². The van der Waals surface area contributed by atoms with E-state index in [1.807, 2.05) is 19.9 Å².